The molecule has 1 aromatic carbocycles. The molecule has 1 fully saturated rings. The monoisotopic (exact) mass is 281 g/mol. The molecule has 4 heteroatoms. The van der Waals surface area contributed by atoms with Crippen LogP contribution in [0.2, 0.25) is 5.02 Å². The van der Waals surface area contributed by atoms with Crippen molar-refractivity contribution in [2.75, 3.05) is 13.2 Å². The Morgan fingerprint density at radius 1 is 1.37 bits per heavy atom. The van der Waals surface area contributed by atoms with Crippen LogP contribution in [0.5, 0.6) is 0 Å². The van der Waals surface area contributed by atoms with Crippen LogP contribution in [0.1, 0.15) is 24.8 Å². The summed E-state index contributed by atoms with van der Waals surface area (Å²) in [6.45, 7) is 0.902. The number of rotatable bonds is 5. The van der Waals surface area contributed by atoms with Gasteiger partial charge in [0.1, 0.15) is 0 Å². The van der Waals surface area contributed by atoms with E-state index in [0.29, 0.717) is 29.8 Å². The molecule has 0 bridgehead atoms. The summed E-state index contributed by atoms with van der Waals surface area (Å²) in [7, 11) is 0. The van der Waals surface area contributed by atoms with Gasteiger partial charge in [-0.25, -0.2) is 0 Å². The lowest BCUT2D eigenvalue weighted by molar-refractivity contribution is -0.120. The molecule has 0 aromatic heterocycles. The molecule has 0 heterocycles. The van der Waals surface area contributed by atoms with Crippen molar-refractivity contribution in [2.45, 2.75) is 25.7 Å². The molecule has 1 aliphatic rings. The predicted octanol–water partition coefficient (Wildman–Crippen LogP) is 2.41. The van der Waals surface area contributed by atoms with Gasteiger partial charge in [-0.05, 0) is 42.4 Å². The van der Waals surface area contributed by atoms with Gasteiger partial charge in [0.2, 0.25) is 5.91 Å². The molecule has 1 amide bonds. The second kappa shape index (κ2) is 6.92. The fourth-order valence-electron chi connectivity index (χ4n) is 2.76. The molecule has 3 nitrogen and oxygen atoms in total. The molecule has 1 saturated carbocycles. The van der Waals surface area contributed by atoms with E-state index < -0.39 is 0 Å². The van der Waals surface area contributed by atoms with E-state index in [9.17, 15) is 9.90 Å². The molecule has 104 valence electrons. The molecule has 1 aliphatic carbocycles. The molecule has 0 radical (unpaired) electrons. The topological polar surface area (TPSA) is 49.3 Å². The van der Waals surface area contributed by atoms with Crippen molar-refractivity contribution < 1.29 is 9.90 Å². The molecule has 2 atom stereocenters. The Labute approximate surface area is 119 Å². The second-order valence-corrected chi connectivity index (χ2v) is 5.68. The Kier molecular flexibility index (Phi) is 5.23. The smallest absolute Gasteiger partial charge is 0.224 e. The van der Waals surface area contributed by atoms with Crippen molar-refractivity contribution in [3.8, 4) is 0 Å². The van der Waals surface area contributed by atoms with Gasteiger partial charge in [-0.2, -0.15) is 0 Å². The van der Waals surface area contributed by atoms with Gasteiger partial charge in [-0.15, -0.1) is 0 Å². The minimum atomic E-state index is 0.0193. The van der Waals surface area contributed by atoms with Crippen molar-refractivity contribution in [1.29, 1.82) is 0 Å². The SMILES string of the molecule is O=C(Cc1cccc(Cl)c1)NCC1CCCC1CO. The molecule has 2 N–H and O–H groups in total. The lowest BCUT2D eigenvalue weighted by atomic mass is 9.97. The lowest BCUT2D eigenvalue weighted by Gasteiger charge is -2.17. The predicted molar refractivity (Wildman–Crippen MR) is 76.1 cm³/mol. The highest BCUT2D eigenvalue weighted by Gasteiger charge is 2.26. The summed E-state index contributed by atoms with van der Waals surface area (Å²) < 4.78 is 0. The number of hydrogen-bond acceptors (Lipinski definition) is 2. The van der Waals surface area contributed by atoms with E-state index in [0.717, 1.165) is 24.8 Å². The van der Waals surface area contributed by atoms with E-state index in [1.54, 1.807) is 6.07 Å². The summed E-state index contributed by atoms with van der Waals surface area (Å²) in [5.74, 6) is 0.797. The van der Waals surface area contributed by atoms with Crippen molar-refractivity contribution >= 4 is 17.5 Å². The zero-order chi connectivity index (χ0) is 13.7. The maximum Gasteiger partial charge on any atom is 0.224 e. The van der Waals surface area contributed by atoms with Gasteiger partial charge in [0.15, 0.2) is 0 Å². The Bertz CT molecular complexity index is 436. The largest absolute Gasteiger partial charge is 0.396 e. The van der Waals surface area contributed by atoms with Crippen molar-refractivity contribution in [3.05, 3.63) is 34.9 Å². The Hall–Kier alpha value is -1.06. The van der Waals surface area contributed by atoms with Gasteiger partial charge in [-0.1, -0.05) is 30.2 Å². The number of carbonyl (C=O) groups is 1. The first-order valence-electron chi connectivity index (χ1n) is 6.81. The summed E-state index contributed by atoms with van der Waals surface area (Å²) in [6.07, 6.45) is 3.69. The average molecular weight is 282 g/mol. The van der Waals surface area contributed by atoms with Gasteiger partial charge in [0.05, 0.1) is 6.42 Å². The summed E-state index contributed by atoms with van der Waals surface area (Å²) in [5.41, 5.74) is 0.926. The summed E-state index contributed by atoms with van der Waals surface area (Å²) in [4.78, 5) is 11.9. The minimum absolute atomic E-state index is 0.0193. The molecule has 2 rings (SSSR count). The molecule has 19 heavy (non-hydrogen) atoms. The van der Waals surface area contributed by atoms with Crippen molar-refractivity contribution in [3.63, 3.8) is 0 Å². The fourth-order valence-corrected chi connectivity index (χ4v) is 2.98. The number of carbonyl (C=O) groups excluding carboxylic acids is 1. The van der Waals surface area contributed by atoms with Crippen LogP contribution >= 0.6 is 11.6 Å². The third-order valence-corrected chi connectivity index (χ3v) is 4.10. The van der Waals surface area contributed by atoms with Gasteiger partial charge >= 0.3 is 0 Å². The van der Waals surface area contributed by atoms with Gasteiger partial charge < -0.3 is 10.4 Å². The van der Waals surface area contributed by atoms with Gasteiger partial charge in [0, 0.05) is 18.2 Å². The second-order valence-electron chi connectivity index (χ2n) is 5.24. The standard InChI is InChI=1S/C15H20ClNO2/c16-14-6-1-3-11(7-14)8-15(19)17-9-12-4-2-5-13(12)10-18/h1,3,6-7,12-13,18H,2,4-5,8-10H2,(H,17,19). The maximum atomic E-state index is 11.9. The van der Waals surface area contributed by atoms with Crippen LogP contribution in [0.3, 0.4) is 0 Å². The number of aliphatic hydroxyl groups excluding tert-OH is 1. The molecule has 1 aromatic rings. The van der Waals surface area contributed by atoms with E-state index >= 15 is 0 Å². The number of hydrogen-bond donors (Lipinski definition) is 2. The fraction of sp³-hybridized carbons (Fsp3) is 0.533. The van der Waals surface area contributed by atoms with E-state index in [1.807, 2.05) is 18.2 Å². The Morgan fingerprint density at radius 3 is 2.89 bits per heavy atom. The third-order valence-electron chi connectivity index (χ3n) is 3.87. The van der Waals surface area contributed by atoms with E-state index in [1.165, 1.54) is 0 Å². The molecule has 2 unspecified atom stereocenters. The molecule has 0 aliphatic heterocycles. The molecular weight excluding hydrogens is 262 g/mol. The highest BCUT2D eigenvalue weighted by molar-refractivity contribution is 6.30. The van der Waals surface area contributed by atoms with E-state index in [-0.39, 0.29) is 12.5 Å². The number of halogens is 1. The third kappa shape index (κ3) is 4.22. The van der Waals surface area contributed by atoms with Crippen LogP contribution in [0.4, 0.5) is 0 Å². The lowest BCUT2D eigenvalue weighted by Crippen LogP contribution is -2.32. The van der Waals surface area contributed by atoms with Crippen LogP contribution in [0.15, 0.2) is 24.3 Å². The molecule has 0 saturated heterocycles. The van der Waals surface area contributed by atoms with Crippen LogP contribution in [-0.2, 0) is 11.2 Å². The zero-order valence-electron chi connectivity index (χ0n) is 10.9. The number of nitrogens with one attached hydrogen (secondary N) is 1. The van der Waals surface area contributed by atoms with Crippen LogP contribution in [0.25, 0.3) is 0 Å². The zero-order valence-corrected chi connectivity index (χ0v) is 11.7. The first-order chi connectivity index (χ1) is 9.19. The highest BCUT2D eigenvalue weighted by Crippen LogP contribution is 2.30. The normalized spacial score (nSPS) is 22.4. The highest BCUT2D eigenvalue weighted by atomic mass is 35.5. The maximum absolute atomic E-state index is 11.9. The average Bonchev–Trinajstić information content (AvgIpc) is 2.83. The molecular formula is C15H20ClNO2. The van der Waals surface area contributed by atoms with Crippen LogP contribution in [0, 0.1) is 11.8 Å². The number of benzene rings is 1. The van der Waals surface area contributed by atoms with E-state index in [2.05, 4.69) is 5.32 Å². The summed E-state index contributed by atoms with van der Waals surface area (Å²) in [6, 6.07) is 7.36. The van der Waals surface area contributed by atoms with Gasteiger partial charge in [0.25, 0.3) is 0 Å². The summed E-state index contributed by atoms with van der Waals surface area (Å²) in [5, 5.41) is 12.9. The first-order valence-corrected chi connectivity index (χ1v) is 7.19. The summed E-state index contributed by atoms with van der Waals surface area (Å²) >= 11 is 5.89. The van der Waals surface area contributed by atoms with Crippen LogP contribution < -0.4 is 5.32 Å². The molecule has 0 spiro atoms. The Balaban J connectivity index is 1.78. The van der Waals surface area contributed by atoms with Crippen molar-refractivity contribution in [1.82, 2.24) is 5.32 Å². The van der Waals surface area contributed by atoms with Gasteiger partial charge in [-0.3, -0.25) is 4.79 Å². The van der Waals surface area contributed by atoms with E-state index in [4.69, 9.17) is 11.6 Å². The van der Waals surface area contributed by atoms with Crippen molar-refractivity contribution in [2.24, 2.45) is 11.8 Å². The quantitative estimate of drug-likeness (QED) is 0.871. The van der Waals surface area contributed by atoms with Crippen LogP contribution in [-0.4, -0.2) is 24.2 Å². The number of amides is 1. The first kappa shape index (κ1) is 14.4. The Morgan fingerprint density at radius 2 is 2.16 bits per heavy atom. The number of aliphatic hydroxyl groups is 1. The minimum Gasteiger partial charge on any atom is -0.396 e.